The maximum Gasteiger partial charge on any atom is 0.241 e. The van der Waals surface area contributed by atoms with Gasteiger partial charge in [-0.3, -0.25) is 0 Å². The summed E-state index contributed by atoms with van der Waals surface area (Å²) >= 11 is 0. The summed E-state index contributed by atoms with van der Waals surface area (Å²) in [4.78, 5) is 0. The molecular weight excluding hydrogens is 184 g/mol. The average Bonchev–Trinajstić information content (AvgIpc) is 2.41. The Bertz CT molecular complexity index is 142. The zero-order valence-electron chi connectivity index (χ0n) is 8.72. The summed E-state index contributed by atoms with van der Waals surface area (Å²) in [6, 6.07) is 0. The maximum absolute atomic E-state index is 12.7. The van der Waals surface area contributed by atoms with Gasteiger partial charge in [0.2, 0.25) is 6.43 Å². The van der Waals surface area contributed by atoms with Crippen LogP contribution >= 0.6 is 0 Å². The molecule has 0 heterocycles. The first kappa shape index (κ1) is 11.9. The summed E-state index contributed by atoms with van der Waals surface area (Å²) in [5.74, 6) is -0.223. The fourth-order valence-corrected chi connectivity index (χ4v) is 2.50. The van der Waals surface area contributed by atoms with Gasteiger partial charge in [-0.2, -0.15) is 0 Å². The molecule has 1 unspecified atom stereocenters. The van der Waals surface area contributed by atoms with E-state index in [0.29, 0.717) is 13.0 Å². The molecule has 1 fully saturated rings. The van der Waals surface area contributed by atoms with E-state index in [1.165, 1.54) is 12.8 Å². The van der Waals surface area contributed by atoms with Gasteiger partial charge >= 0.3 is 0 Å². The van der Waals surface area contributed by atoms with Gasteiger partial charge < -0.3 is 5.73 Å². The van der Waals surface area contributed by atoms with Crippen LogP contribution in [-0.4, -0.2) is 13.0 Å². The summed E-state index contributed by atoms with van der Waals surface area (Å²) < 4.78 is 25.5. The van der Waals surface area contributed by atoms with Crippen molar-refractivity contribution in [1.29, 1.82) is 0 Å². The van der Waals surface area contributed by atoms with Crippen LogP contribution in [0.5, 0.6) is 0 Å². The molecule has 1 atom stereocenters. The summed E-state index contributed by atoms with van der Waals surface area (Å²) in [6.07, 6.45) is 4.95. The molecule has 0 saturated heterocycles. The van der Waals surface area contributed by atoms with Gasteiger partial charge in [-0.1, -0.05) is 25.7 Å². The van der Waals surface area contributed by atoms with E-state index in [2.05, 4.69) is 0 Å². The van der Waals surface area contributed by atoms with Crippen LogP contribution in [0, 0.1) is 11.8 Å². The molecular formula is C11H21F2N. The van der Waals surface area contributed by atoms with Crippen LogP contribution in [-0.2, 0) is 0 Å². The molecule has 0 radical (unpaired) electrons. The SMILES string of the molecule is NCCC(C(F)F)C1CCCCCC1. The summed E-state index contributed by atoms with van der Waals surface area (Å²) in [7, 11) is 0. The molecule has 1 aliphatic carbocycles. The Morgan fingerprint density at radius 2 is 1.64 bits per heavy atom. The van der Waals surface area contributed by atoms with Gasteiger partial charge in [-0.15, -0.1) is 0 Å². The molecule has 14 heavy (non-hydrogen) atoms. The van der Waals surface area contributed by atoms with Gasteiger partial charge in [-0.05, 0) is 31.7 Å². The first-order valence-electron chi connectivity index (χ1n) is 5.74. The third-order valence-electron chi connectivity index (χ3n) is 3.33. The van der Waals surface area contributed by atoms with Crippen molar-refractivity contribution in [2.75, 3.05) is 6.54 Å². The molecule has 0 aromatic heterocycles. The molecule has 3 heteroatoms. The molecule has 0 aromatic rings. The average molecular weight is 205 g/mol. The molecule has 84 valence electrons. The maximum atomic E-state index is 12.7. The Morgan fingerprint density at radius 1 is 1.07 bits per heavy atom. The van der Waals surface area contributed by atoms with E-state index in [9.17, 15) is 8.78 Å². The molecule has 0 aliphatic heterocycles. The van der Waals surface area contributed by atoms with E-state index in [4.69, 9.17) is 5.73 Å². The van der Waals surface area contributed by atoms with Crippen LogP contribution in [0.2, 0.25) is 0 Å². The third-order valence-corrected chi connectivity index (χ3v) is 3.33. The van der Waals surface area contributed by atoms with Gasteiger partial charge in [0.25, 0.3) is 0 Å². The van der Waals surface area contributed by atoms with E-state index in [0.717, 1.165) is 25.7 Å². The highest BCUT2D eigenvalue weighted by Gasteiger charge is 2.29. The van der Waals surface area contributed by atoms with E-state index < -0.39 is 12.3 Å². The van der Waals surface area contributed by atoms with Gasteiger partial charge in [0.05, 0.1) is 0 Å². The van der Waals surface area contributed by atoms with Crippen LogP contribution in [0.4, 0.5) is 8.78 Å². The molecule has 1 rings (SSSR count). The van der Waals surface area contributed by atoms with Crippen LogP contribution in [0.15, 0.2) is 0 Å². The van der Waals surface area contributed by atoms with Gasteiger partial charge in [-0.25, -0.2) is 8.78 Å². The number of rotatable bonds is 4. The van der Waals surface area contributed by atoms with Gasteiger partial charge in [0, 0.05) is 5.92 Å². The molecule has 0 aromatic carbocycles. The Morgan fingerprint density at radius 3 is 2.07 bits per heavy atom. The highest BCUT2D eigenvalue weighted by atomic mass is 19.3. The Kier molecular flexibility index (Phi) is 5.38. The zero-order valence-corrected chi connectivity index (χ0v) is 8.72. The molecule has 0 spiro atoms. The van der Waals surface area contributed by atoms with E-state index in [-0.39, 0.29) is 5.92 Å². The number of nitrogens with two attached hydrogens (primary N) is 1. The topological polar surface area (TPSA) is 26.0 Å². The third kappa shape index (κ3) is 3.52. The Labute approximate surface area is 85.1 Å². The van der Waals surface area contributed by atoms with Crippen molar-refractivity contribution in [2.24, 2.45) is 17.6 Å². The first-order valence-corrected chi connectivity index (χ1v) is 5.74. The lowest BCUT2D eigenvalue weighted by atomic mass is 9.84. The Balaban J connectivity index is 2.46. The molecule has 0 amide bonds. The smallest absolute Gasteiger partial charge is 0.241 e. The van der Waals surface area contributed by atoms with E-state index >= 15 is 0 Å². The van der Waals surface area contributed by atoms with Crippen molar-refractivity contribution >= 4 is 0 Å². The second kappa shape index (κ2) is 6.33. The van der Waals surface area contributed by atoms with Crippen LogP contribution in [0.1, 0.15) is 44.9 Å². The van der Waals surface area contributed by atoms with Crippen molar-refractivity contribution in [3.8, 4) is 0 Å². The minimum absolute atomic E-state index is 0.223. The van der Waals surface area contributed by atoms with Crippen molar-refractivity contribution in [1.82, 2.24) is 0 Å². The standard InChI is InChI=1S/C11H21F2N/c12-11(13)10(7-8-14)9-5-3-1-2-4-6-9/h9-11H,1-8,14H2. The molecule has 0 bridgehead atoms. The predicted octanol–water partition coefficient (Wildman–Crippen LogP) is 3.19. The lowest BCUT2D eigenvalue weighted by molar-refractivity contribution is 0.0346. The lowest BCUT2D eigenvalue weighted by Gasteiger charge is -2.24. The minimum Gasteiger partial charge on any atom is -0.330 e. The van der Waals surface area contributed by atoms with E-state index in [1.807, 2.05) is 0 Å². The molecule has 1 saturated carbocycles. The summed E-state index contributed by atoms with van der Waals surface area (Å²) in [5, 5.41) is 0. The van der Waals surface area contributed by atoms with Crippen molar-refractivity contribution in [3.05, 3.63) is 0 Å². The fraction of sp³-hybridized carbons (Fsp3) is 1.00. The monoisotopic (exact) mass is 205 g/mol. The molecule has 1 aliphatic rings. The second-order valence-corrected chi connectivity index (χ2v) is 4.33. The summed E-state index contributed by atoms with van der Waals surface area (Å²) in [6.45, 7) is 0.394. The van der Waals surface area contributed by atoms with Gasteiger partial charge in [0.15, 0.2) is 0 Å². The number of hydrogen-bond donors (Lipinski definition) is 1. The zero-order chi connectivity index (χ0) is 10.4. The minimum atomic E-state index is -2.18. The normalized spacial score (nSPS) is 22.3. The highest BCUT2D eigenvalue weighted by molar-refractivity contribution is 4.75. The van der Waals surface area contributed by atoms with Gasteiger partial charge in [0.1, 0.15) is 0 Å². The Hall–Kier alpha value is -0.180. The van der Waals surface area contributed by atoms with Crippen molar-refractivity contribution in [3.63, 3.8) is 0 Å². The largest absolute Gasteiger partial charge is 0.330 e. The predicted molar refractivity (Wildman–Crippen MR) is 54.4 cm³/mol. The first-order chi connectivity index (χ1) is 6.75. The van der Waals surface area contributed by atoms with Crippen LogP contribution in [0.3, 0.4) is 0 Å². The lowest BCUT2D eigenvalue weighted by Crippen LogP contribution is -2.24. The van der Waals surface area contributed by atoms with Crippen LogP contribution < -0.4 is 5.73 Å². The molecule has 1 nitrogen and oxygen atoms in total. The van der Waals surface area contributed by atoms with Crippen molar-refractivity contribution < 1.29 is 8.78 Å². The highest BCUT2D eigenvalue weighted by Crippen LogP contribution is 2.33. The second-order valence-electron chi connectivity index (χ2n) is 4.33. The van der Waals surface area contributed by atoms with Crippen LogP contribution in [0.25, 0.3) is 0 Å². The summed E-state index contributed by atoms with van der Waals surface area (Å²) in [5.41, 5.74) is 5.38. The number of alkyl halides is 2. The van der Waals surface area contributed by atoms with Crippen molar-refractivity contribution in [2.45, 2.75) is 51.4 Å². The fourth-order valence-electron chi connectivity index (χ4n) is 2.50. The quantitative estimate of drug-likeness (QED) is 0.701. The molecule has 2 N–H and O–H groups in total. The number of halogens is 2. The number of hydrogen-bond acceptors (Lipinski definition) is 1. The van der Waals surface area contributed by atoms with E-state index in [1.54, 1.807) is 0 Å².